The first kappa shape index (κ1) is 22.1. The van der Waals surface area contributed by atoms with E-state index in [0.717, 1.165) is 17.9 Å². The second-order valence-corrected chi connectivity index (χ2v) is 6.91. The first-order chi connectivity index (χ1) is 15.0. The van der Waals surface area contributed by atoms with Gasteiger partial charge in [0.05, 0.1) is 19.6 Å². The Morgan fingerprint density at radius 1 is 1.00 bits per heavy atom. The Labute approximate surface area is 181 Å². The summed E-state index contributed by atoms with van der Waals surface area (Å²) in [6.45, 7) is 2.97. The predicted octanol–water partition coefficient (Wildman–Crippen LogP) is 3.16. The number of carbonyl (C=O) groups is 3. The Kier molecular flexibility index (Phi) is 7.86. The van der Waals surface area contributed by atoms with Gasteiger partial charge >= 0.3 is 5.97 Å². The zero-order valence-electron chi connectivity index (χ0n) is 17.5. The average Bonchev–Trinajstić information content (AvgIpc) is 3.20. The summed E-state index contributed by atoms with van der Waals surface area (Å²) < 4.78 is 15.8. The van der Waals surface area contributed by atoms with Crippen LogP contribution in [-0.4, -0.2) is 44.1 Å². The van der Waals surface area contributed by atoms with Crippen molar-refractivity contribution in [3.05, 3.63) is 48.5 Å². The molecule has 3 rings (SSSR count). The van der Waals surface area contributed by atoms with Gasteiger partial charge in [-0.1, -0.05) is 0 Å². The van der Waals surface area contributed by atoms with Crippen LogP contribution in [-0.2, 0) is 19.1 Å². The van der Waals surface area contributed by atoms with E-state index in [1.807, 2.05) is 6.92 Å². The summed E-state index contributed by atoms with van der Waals surface area (Å²) >= 11 is 0. The van der Waals surface area contributed by atoms with Crippen molar-refractivity contribution < 1.29 is 28.6 Å². The van der Waals surface area contributed by atoms with Crippen molar-refractivity contribution >= 4 is 29.2 Å². The number of anilines is 2. The quantitative estimate of drug-likeness (QED) is 0.587. The largest absolute Gasteiger partial charge is 0.494 e. The highest BCUT2D eigenvalue weighted by atomic mass is 16.5. The number of hydrogen-bond acceptors (Lipinski definition) is 6. The topological polar surface area (TPSA) is 94.2 Å². The summed E-state index contributed by atoms with van der Waals surface area (Å²) in [4.78, 5) is 37.3. The van der Waals surface area contributed by atoms with Crippen LogP contribution in [0.5, 0.6) is 11.5 Å². The molecule has 8 heteroatoms. The van der Waals surface area contributed by atoms with E-state index >= 15 is 0 Å². The molecule has 2 aromatic carbocycles. The second kappa shape index (κ2) is 11.0. The molecule has 8 nitrogen and oxygen atoms in total. The number of amides is 2. The fourth-order valence-electron chi connectivity index (χ4n) is 3.11. The highest BCUT2D eigenvalue weighted by molar-refractivity contribution is 5.96. The van der Waals surface area contributed by atoms with Gasteiger partial charge in [-0.15, -0.1) is 0 Å². The van der Waals surface area contributed by atoms with Crippen molar-refractivity contribution in [2.45, 2.75) is 26.2 Å². The highest BCUT2D eigenvalue weighted by Crippen LogP contribution is 2.23. The molecule has 1 aliphatic rings. The molecule has 31 heavy (non-hydrogen) atoms. The molecule has 2 aromatic rings. The molecular formula is C23H26N2O6. The monoisotopic (exact) mass is 426 g/mol. The molecule has 0 radical (unpaired) electrons. The van der Waals surface area contributed by atoms with Gasteiger partial charge in [-0.2, -0.15) is 0 Å². The molecule has 1 saturated heterocycles. The summed E-state index contributed by atoms with van der Waals surface area (Å²) in [5.41, 5.74) is 1.37. The van der Waals surface area contributed by atoms with Crippen LogP contribution in [0, 0.1) is 0 Å². The molecule has 1 N–H and O–H groups in total. The van der Waals surface area contributed by atoms with E-state index in [-0.39, 0.29) is 25.5 Å². The molecule has 0 aromatic heterocycles. The number of carbonyl (C=O) groups excluding carboxylic acids is 3. The molecule has 1 fully saturated rings. The molecule has 2 amide bonds. The van der Waals surface area contributed by atoms with Crippen LogP contribution in [0.2, 0.25) is 0 Å². The zero-order chi connectivity index (χ0) is 22.1. The number of hydrogen-bond donors (Lipinski definition) is 1. The number of benzene rings is 2. The molecular weight excluding hydrogens is 400 g/mol. The molecule has 0 atom stereocenters. The van der Waals surface area contributed by atoms with E-state index in [2.05, 4.69) is 5.32 Å². The summed E-state index contributed by atoms with van der Waals surface area (Å²) in [7, 11) is 0. The van der Waals surface area contributed by atoms with Gasteiger partial charge in [0.1, 0.15) is 11.5 Å². The Hall–Kier alpha value is -3.55. The lowest BCUT2D eigenvalue weighted by atomic mass is 10.2. The maximum Gasteiger partial charge on any atom is 0.309 e. The fraction of sp³-hybridized carbons (Fsp3) is 0.348. The first-order valence-electron chi connectivity index (χ1n) is 10.3. The maximum absolute atomic E-state index is 12.0. The Bertz CT molecular complexity index is 895. The third kappa shape index (κ3) is 6.74. The van der Waals surface area contributed by atoms with E-state index in [1.165, 1.54) is 0 Å². The van der Waals surface area contributed by atoms with E-state index in [4.69, 9.17) is 14.2 Å². The standard InChI is InChI=1S/C23H26N2O6/c1-2-29-19-9-11-20(12-10-19)30-15-13-23(28)31-16-21(26)24-17-5-7-18(8-6-17)25-14-3-4-22(25)27/h5-12H,2-4,13-16H2,1H3,(H,24,26). The third-order valence-corrected chi connectivity index (χ3v) is 4.61. The molecule has 0 saturated carbocycles. The number of nitrogens with zero attached hydrogens (tertiary/aromatic N) is 1. The van der Waals surface area contributed by atoms with Crippen molar-refractivity contribution in [1.82, 2.24) is 0 Å². The zero-order valence-corrected chi connectivity index (χ0v) is 17.5. The third-order valence-electron chi connectivity index (χ3n) is 4.61. The van der Waals surface area contributed by atoms with Crippen LogP contribution in [0.1, 0.15) is 26.2 Å². The SMILES string of the molecule is CCOc1ccc(OCCC(=O)OCC(=O)Nc2ccc(N3CCCC3=O)cc2)cc1. The minimum atomic E-state index is -0.524. The van der Waals surface area contributed by atoms with Crippen LogP contribution in [0.15, 0.2) is 48.5 Å². The van der Waals surface area contributed by atoms with Crippen LogP contribution in [0.25, 0.3) is 0 Å². The van der Waals surface area contributed by atoms with Gasteiger partial charge < -0.3 is 24.4 Å². The van der Waals surface area contributed by atoms with Gasteiger partial charge in [0, 0.05) is 24.3 Å². The van der Waals surface area contributed by atoms with Crippen LogP contribution >= 0.6 is 0 Å². The molecule has 0 aliphatic carbocycles. The van der Waals surface area contributed by atoms with E-state index in [0.29, 0.717) is 31.0 Å². The summed E-state index contributed by atoms with van der Waals surface area (Å²) in [6.07, 6.45) is 1.45. The van der Waals surface area contributed by atoms with Crippen LogP contribution in [0.4, 0.5) is 11.4 Å². The van der Waals surface area contributed by atoms with Gasteiger partial charge in [0.25, 0.3) is 5.91 Å². The van der Waals surface area contributed by atoms with Crippen LogP contribution in [0.3, 0.4) is 0 Å². The average molecular weight is 426 g/mol. The highest BCUT2D eigenvalue weighted by Gasteiger charge is 2.21. The number of nitrogens with one attached hydrogen (secondary N) is 1. The van der Waals surface area contributed by atoms with Crippen molar-refractivity contribution in [1.29, 1.82) is 0 Å². The number of esters is 1. The molecule has 1 aliphatic heterocycles. The van der Waals surface area contributed by atoms with Gasteiger partial charge in [0.2, 0.25) is 5.91 Å². The van der Waals surface area contributed by atoms with Crippen molar-refractivity contribution in [3.8, 4) is 11.5 Å². The Balaban J connectivity index is 1.34. The first-order valence-corrected chi connectivity index (χ1v) is 10.3. The van der Waals surface area contributed by atoms with E-state index in [1.54, 1.807) is 53.4 Å². The molecule has 0 spiro atoms. The number of rotatable bonds is 10. The lowest BCUT2D eigenvalue weighted by Gasteiger charge is -2.16. The van der Waals surface area contributed by atoms with Crippen molar-refractivity contribution in [3.63, 3.8) is 0 Å². The van der Waals surface area contributed by atoms with Crippen molar-refractivity contribution in [2.75, 3.05) is 36.6 Å². The van der Waals surface area contributed by atoms with E-state index in [9.17, 15) is 14.4 Å². The lowest BCUT2D eigenvalue weighted by molar-refractivity contribution is -0.147. The summed E-state index contributed by atoms with van der Waals surface area (Å²) in [5.74, 6) is 0.512. The minimum Gasteiger partial charge on any atom is -0.494 e. The maximum atomic E-state index is 12.0. The Morgan fingerprint density at radius 2 is 1.68 bits per heavy atom. The second-order valence-electron chi connectivity index (χ2n) is 6.91. The fourth-order valence-corrected chi connectivity index (χ4v) is 3.11. The summed E-state index contributed by atoms with van der Waals surface area (Å²) in [6, 6.07) is 14.1. The van der Waals surface area contributed by atoms with Gasteiger partial charge in [0.15, 0.2) is 6.61 Å². The molecule has 0 unspecified atom stereocenters. The summed E-state index contributed by atoms with van der Waals surface area (Å²) in [5, 5.41) is 2.66. The van der Waals surface area contributed by atoms with Gasteiger partial charge in [-0.25, -0.2) is 0 Å². The predicted molar refractivity (Wildman–Crippen MR) is 115 cm³/mol. The lowest BCUT2D eigenvalue weighted by Crippen LogP contribution is -2.24. The normalized spacial score (nSPS) is 13.1. The van der Waals surface area contributed by atoms with Crippen LogP contribution < -0.4 is 19.7 Å². The number of ether oxygens (including phenoxy) is 3. The van der Waals surface area contributed by atoms with Crippen molar-refractivity contribution in [2.24, 2.45) is 0 Å². The smallest absolute Gasteiger partial charge is 0.309 e. The van der Waals surface area contributed by atoms with Gasteiger partial charge in [-0.3, -0.25) is 14.4 Å². The van der Waals surface area contributed by atoms with E-state index < -0.39 is 11.9 Å². The minimum absolute atomic E-state index is 0.0268. The molecule has 0 bridgehead atoms. The molecule has 164 valence electrons. The molecule has 1 heterocycles. The Morgan fingerprint density at radius 3 is 2.29 bits per heavy atom. The van der Waals surface area contributed by atoms with Gasteiger partial charge in [-0.05, 0) is 61.9 Å².